The van der Waals surface area contributed by atoms with E-state index in [0.29, 0.717) is 13.0 Å². The van der Waals surface area contributed by atoms with Crippen molar-refractivity contribution in [3.63, 3.8) is 0 Å². The summed E-state index contributed by atoms with van der Waals surface area (Å²) in [6.45, 7) is 0.528. The molecule has 88 valence electrons. The summed E-state index contributed by atoms with van der Waals surface area (Å²) in [5, 5.41) is 2.64. The number of halogens is 2. The second-order valence-electron chi connectivity index (χ2n) is 2.78. The Morgan fingerprint density at radius 3 is 3.12 bits per heavy atom. The number of carbonyl (C=O) groups excluding carboxylic acids is 1. The number of hydrogen-bond acceptors (Lipinski definition) is 5. The van der Waals surface area contributed by atoms with Gasteiger partial charge in [0.2, 0.25) is 5.28 Å². The van der Waals surface area contributed by atoms with Gasteiger partial charge in [0.05, 0.1) is 12.8 Å². The van der Waals surface area contributed by atoms with Gasteiger partial charge in [0.25, 0.3) is 0 Å². The van der Waals surface area contributed by atoms with E-state index in [0.717, 1.165) is 6.20 Å². The molecular weight excluding hydrogens is 239 g/mol. The lowest BCUT2D eigenvalue weighted by molar-refractivity contribution is 0.156. The summed E-state index contributed by atoms with van der Waals surface area (Å²) in [6.07, 6.45) is 0.609. The summed E-state index contributed by atoms with van der Waals surface area (Å²) >= 11 is 5.48. The van der Waals surface area contributed by atoms with Crippen LogP contribution >= 0.6 is 11.6 Å². The molecule has 1 rings (SSSR count). The molecule has 0 aromatic carbocycles. The van der Waals surface area contributed by atoms with Crippen LogP contribution in [0.4, 0.5) is 15.0 Å². The predicted molar refractivity (Wildman–Crippen MR) is 55.6 cm³/mol. The van der Waals surface area contributed by atoms with Crippen molar-refractivity contribution < 1.29 is 13.9 Å². The average molecular weight is 249 g/mol. The molecule has 8 heteroatoms. The standard InChI is InChI=1S/C8H10ClFN4O2/c9-7-13-4-5(10)6(14-7)12-2-1-3-16-8(11)15/h4H,1-3H2,(H2,11,15)(H,12,13,14). The van der Waals surface area contributed by atoms with Crippen LogP contribution in [-0.2, 0) is 4.74 Å². The van der Waals surface area contributed by atoms with Crippen molar-refractivity contribution >= 4 is 23.5 Å². The molecule has 0 aliphatic rings. The van der Waals surface area contributed by atoms with Gasteiger partial charge < -0.3 is 15.8 Å². The molecule has 6 nitrogen and oxygen atoms in total. The fourth-order valence-electron chi connectivity index (χ4n) is 0.921. The highest BCUT2D eigenvalue weighted by molar-refractivity contribution is 6.28. The molecule has 3 N–H and O–H groups in total. The zero-order valence-electron chi connectivity index (χ0n) is 8.24. The number of hydrogen-bond donors (Lipinski definition) is 2. The molecule has 0 bridgehead atoms. The molecule has 1 heterocycles. The van der Waals surface area contributed by atoms with Crippen LogP contribution in [0.1, 0.15) is 6.42 Å². The van der Waals surface area contributed by atoms with Crippen LogP contribution < -0.4 is 11.1 Å². The van der Waals surface area contributed by atoms with Crippen molar-refractivity contribution in [2.75, 3.05) is 18.5 Å². The van der Waals surface area contributed by atoms with E-state index in [-0.39, 0.29) is 17.7 Å². The van der Waals surface area contributed by atoms with E-state index < -0.39 is 11.9 Å². The van der Waals surface area contributed by atoms with E-state index in [1.165, 1.54) is 0 Å². The Morgan fingerprint density at radius 2 is 2.44 bits per heavy atom. The third kappa shape index (κ3) is 4.26. The van der Waals surface area contributed by atoms with Gasteiger partial charge in [-0.1, -0.05) is 0 Å². The SMILES string of the molecule is NC(=O)OCCCNc1nc(Cl)ncc1F. The van der Waals surface area contributed by atoms with E-state index in [1.54, 1.807) is 0 Å². The first-order chi connectivity index (χ1) is 7.59. The topological polar surface area (TPSA) is 90.1 Å². The Bertz CT molecular complexity index is 377. The molecule has 1 amide bonds. The number of nitrogens with one attached hydrogen (secondary N) is 1. The average Bonchev–Trinajstić information content (AvgIpc) is 2.22. The Kier molecular flexibility index (Phi) is 4.71. The van der Waals surface area contributed by atoms with Gasteiger partial charge in [0.15, 0.2) is 11.6 Å². The molecule has 0 saturated carbocycles. The molecule has 1 aromatic rings. The number of primary amides is 1. The Morgan fingerprint density at radius 1 is 1.69 bits per heavy atom. The molecule has 0 atom stereocenters. The molecule has 0 aliphatic heterocycles. The van der Waals surface area contributed by atoms with Crippen LogP contribution in [0.25, 0.3) is 0 Å². The minimum absolute atomic E-state index is 0.0130. The second-order valence-corrected chi connectivity index (χ2v) is 3.12. The highest BCUT2D eigenvalue weighted by Crippen LogP contribution is 2.11. The lowest BCUT2D eigenvalue weighted by Gasteiger charge is -2.06. The normalized spacial score (nSPS) is 9.88. The largest absolute Gasteiger partial charge is 0.450 e. The Labute approximate surface area is 96.0 Å². The molecule has 0 saturated heterocycles. The molecule has 0 aliphatic carbocycles. The highest BCUT2D eigenvalue weighted by atomic mass is 35.5. The third-order valence-corrected chi connectivity index (χ3v) is 1.75. The first kappa shape index (κ1) is 12.4. The maximum Gasteiger partial charge on any atom is 0.404 e. The monoisotopic (exact) mass is 248 g/mol. The maximum atomic E-state index is 13.1. The molecule has 0 radical (unpaired) electrons. The van der Waals surface area contributed by atoms with Crippen LogP contribution in [-0.4, -0.2) is 29.2 Å². The van der Waals surface area contributed by atoms with Crippen molar-refractivity contribution in [2.45, 2.75) is 6.42 Å². The van der Waals surface area contributed by atoms with Crippen molar-refractivity contribution in [1.29, 1.82) is 0 Å². The molecule has 1 aromatic heterocycles. The fraction of sp³-hybridized carbons (Fsp3) is 0.375. The summed E-state index contributed by atoms with van der Waals surface area (Å²) < 4.78 is 17.5. The number of carbonyl (C=O) groups is 1. The van der Waals surface area contributed by atoms with Crippen LogP contribution in [0, 0.1) is 5.82 Å². The molecular formula is C8H10ClFN4O2. The predicted octanol–water partition coefficient (Wildman–Crippen LogP) is 1.17. The summed E-state index contributed by atoms with van der Waals surface area (Å²) in [6, 6.07) is 0. The van der Waals surface area contributed by atoms with Crippen molar-refractivity contribution in [2.24, 2.45) is 5.73 Å². The number of rotatable bonds is 5. The number of nitrogens with two attached hydrogens (primary N) is 1. The number of nitrogens with zero attached hydrogens (tertiary/aromatic N) is 2. The van der Waals surface area contributed by atoms with Crippen molar-refractivity contribution in [1.82, 2.24) is 9.97 Å². The zero-order valence-corrected chi connectivity index (χ0v) is 9.00. The van der Waals surface area contributed by atoms with E-state index >= 15 is 0 Å². The van der Waals surface area contributed by atoms with Gasteiger partial charge in [-0.05, 0) is 18.0 Å². The van der Waals surface area contributed by atoms with Crippen LogP contribution in [0.3, 0.4) is 0 Å². The molecule has 16 heavy (non-hydrogen) atoms. The van der Waals surface area contributed by atoms with E-state index in [2.05, 4.69) is 20.0 Å². The van der Waals surface area contributed by atoms with Crippen molar-refractivity contribution in [3.05, 3.63) is 17.3 Å². The fourth-order valence-corrected chi connectivity index (χ4v) is 1.05. The lowest BCUT2D eigenvalue weighted by atomic mass is 10.4. The summed E-state index contributed by atoms with van der Waals surface area (Å²) in [4.78, 5) is 17.3. The molecule has 0 spiro atoms. The highest BCUT2D eigenvalue weighted by Gasteiger charge is 2.04. The van der Waals surface area contributed by atoms with Gasteiger partial charge in [0.1, 0.15) is 0 Å². The quantitative estimate of drug-likeness (QED) is 0.603. The minimum atomic E-state index is -0.837. The zero-order chi connectivity index (χ0) is 12.0. The van der Waals surface area contributed by atoms with Crippen LogP contribution in [0.5, 0.6) is 0 Å². The van der Waals surface area contributed by atoms with Gasteiger partial charge in [-0.3, -0.25) is 0 Å². The Hall–Kier alpha value is -1.63. The number of anilines is 1. The van der Waals surface area contributed by atoms with Gasteiger partial charge in [0, 0.05) is 6.54 Å². The number of aromatic nitrogens is 2. The first-order valence-electron chi connectivity index (χ1n) is 4.43. The van der Waals surface area contributed by atoms with E-state index in [9.17, 15) is 9.18 Å². The lowest BCUT2D eigenvalue weighted by Crippen LogP contribution is -2.16. The van der Waals surface area contributed by atoms with Gasteiger partial charge in [-0.2, -0.15) is 4.98 Å². The third-order valence-electron chi connectivity index (χ3n) is 1.57. The van der Waals surface area contributed by atoms with Gasteiger partial charge in [-0.25, -0.2) is 14.2 Å². The first-order valence-corrected chi connectivity index (χ1v) is 4.81. The second kappa shape index (κ2) is 6.06. The van der Waals surface area contributed by atoms with Gasteiger partial charge >= 0.3 is 6.09 Å². The Balaban J connectivity index is 2.31. The number of amides is 1. The summed E-state index contributed by atoms with van der Waals surface area (Å²) in [5.74, 6) is -0.584. The van der Waals surface area contributed by atoms with Gasteiger partial charge in [-0.15, -0.1) is 0 Å². The minimum Gasteiger partial charge on any atom is -0.450 e. The molecule has 0 fully saturated rings. The summed E-state index contributed by atoms with van der Waals surface area (Å²) in [7, 11) is 0. The van der Waals surface area contributed by atoms with E-state index in [1.807, 2.05) is 0 Å². The molecule has 0 unspecified atom stereocenters. The smallest absolute Gasteiger partial charge is 0.404 e. The van der Waals surface area contributed by atoms with Crippen molar-refractivity contribution in [3.8, 4) is 0 Å². The van der Waals surface area contributed by atoms with E-state index in [4.69, 9.17) is 17.3 Å². The summed E-state index contributed by atoms with van der Waals surface area (Å²) in [5.41, 5.74) is 4.75. The maximum absolute atomic E-state index is 13.1. The van der Waals surface area contributed by atoms with Crippen LogP contribution in [0.15, 0.2) is 6.20 Å². The van der Waals surface area contributed by atoms with Crippen LogP contribution in [0.2, 0.25) is 5.28 Å². The number of ether oxygens (including phenoxy) is 1.